The van der Waals surface area contributed by atoms with Crippen LogP contribution in [0.2, 0.25) is 30.1 Å². The van der Waals surface area contributed by atoms with Crippen molar-refractivity contribution in [1.82, 2.24) is 18.9 Å². The van der Waals surface area contributed by atoms with Gasteiger partial charge in [-0.1, -0.05) is 81.7 Å². The number of hydrogen-bond acceptors (Lipinski definition) is 6. The molecule has 2 aliphatic heterocycles. The van der Waals surface area contributed by atoms with Crippen LogP contribution in [0.15, 0.2) is 101 Å². The van der Waals surface area contributed by atoms with Gasteiger partial charge in [0.25, 0.3) is 17.4 Å². The van der Waals surface area contributed by atoms with Crippen LogP contribution in [0.5, 0.6) is 11.5 Å². The number of nitrogens with zero attached hydrogens (tertiary/aromatic N) is 4. The summed E-state index contributed by atoms with van der Waals surface area (Å²) in [6, 6.07) is 22.5. The van der Waals surface area contributed by atoms with Gasteiger partial charge in [0, 0.05) is 68.1 Å². The van der Waals surface area contributed by atoms with E-state index >= 15 is 0 Å². The van der Waals surface area contributed by atoms with Crippen molar-refractivity contribution in [3.8, 4) is 11.5 Å². The number of hydrogen-bond donors (Lipinski definition) is 0. The first-order chi connectivity index (χ1) is 27.3. The summed E-state index contributed by atoms with van der Waals surface area (Å²) < 4.78 is 14.8. The molecule has 10 nitrogen and oxygen atoms in total. The van der Waals surface area contributed by atoms with Crippen molar-refractivity contribution in [2.24, 2.45) is 0 Å². The van der Waals surface area contributed by atoms with Gasteiger partial charge in [0.05, 0.1) is 0 Å². The van der Waals surface area contributed by atoms with Gasteiger partial charge in [0.15, 0.2) is 0 Å². The van der Waals surface area contributed by atoms with Crippen molar-refractivity contribution in [2.45, 2.75) is 57.1 Å². The molecular formula is C41H34Cl6N4O6. The molecule has 2 fully saturated rings. The van der Waals surface area contributed by atoms with Gasteiger partial charge in [-0.3, -0.25) is 19.0 Å². The summed E-state index contributed by atoms with van der Waals surface area (Å²) in [7, 11) is 0. The van der Waals surface area contributed by atoms with Gasteiger partial charge in [-0.2, -0.15) is 0 Å². The SMILES string of the molecule is Cc1cn(CCCN2C(=O)[C@H](Oc3ccc(Cl)cc3)[C@@H]2c2ccc(Cl)cc2Cl)c(=O)n(CCCN2C(=O)[C@H](Oc3ccc(Cl)cc3)[C@@H]2c2ccc(Cl)cc2Cl)c1=O. The van der Waals surface area contributed by atoms with Crippen LogP contribution in [-0.4, -0.2) is 56.0 Å². The van der Waals surface area contributed by atoms with Crippen LogP contribution in [0.3, 0.4) is 0 Å². The number of aryl methyl sites for hydroxylation is 2. The van der Waals surface area contributed by atoms with Crippen LogP contribution < -0.4 is 20.7 Å². The lowest BCUT2D eigenvalue weighted by atomic mass is 9.90. The number of carbonyl (C=O) groups excluding carboxylic acids is 2. The minimum atomic E-state index is -0.864. The van der Waals surface area contributed by atoms with Gasteiger partial charge in [0.1, 0.15) is 23.6 Å². The Kier molecular flexibility index (Phi) is 12.5. The molecule has 4 aromatic carbocycles. The van der Waals surface area contributed by atoms with Crippen molar-refractivity contribution in [2.75, 3.05) is 13.1 Å². The van der Waals surface area contributed by atoms with E-state index in [4.69, 9.17) is 79.1 Å². The van der Waals surface area contributed by atoms with E-state index in [2.05, 4.69) is 0 Å². The average molecular weight is 891 g/mol. The highest BCUT2D eigenvalue weighted by atomic mass is 35.5. The van der Waals surface area contributed by atoms with Gasteiger partial charge in [-0.25, -0.2) is 4.79 Å². The predicted octanol–water partition coefficient (Wildman–Crippen LogP) is 9.08. The molecule has 0 aliphatic carbocycles. The maximum Gasteiger partial charge on any atom is 0.330 e. The number of rotatable bonds is 14. The zero-order valence-electron chi connectivity index (χ0n) is 30.2. The molecule has 16 heteroatoms. The number of carbonyl (C=O) groups is 2. The van der Waals surface area contributed by atoms with E-state index in [0.29, 0.717) is 71.2 Å². The van der Waals surface area contributed by atoms with E-state index in [-0.39, 0.29) is 38.0 Å². The second-order valence-electron chi connectivity index (χ2n) is 13.7. The van der Waals surface area contributed by atoms with Gasteiger partial charge in [0.2, 0.25) is 12.2 Å². The standard InChI is InChI=1S/C41H34Cl6N4O6/c1-23-22-48(16-2-17-49-34(30-14-8-26(44)20-32(30)46)36(39(49)53)56-28-10-4-24(42)5-11-28)41(55)51(38(23)52)19-3-18-50-35(31-15-9-27(45)21-33(31)47)37(40(50)54)57-29-12-6-25(43)7-13-29/h4-15,20-22,34-37H,2-3,16-19H2,1H3/t34-,35-,36+,37+/m0/s1. The summed E-state index contributed by atoms with van der Waals surface area (Å²) >= 11 is 37.6. The smallest absolute Gasteiger partial charge is 0.330 e. The predicted molar refractivity (Wildman–Crippen MR) is 223 cm³/mol. The fraction of sp³-hybridized carbons (Fsp3) is 0.268. The molecule has 0 radical (unpaired) electrons. The first-order valence-corrected chi connectivity index (χ1v) is 20.2. The molecular weight excluding hydrogens is 857 g/mol. The Morgan fingerprint density at radius 1 is 0.544 bits per heavy atom. The topological polar surface area (TPSA) is 103 Å². The first-order valence-electron chi connectivity index (χ1n) is 18.0. The molecule has 2 saturated heterocycles. The maximum absolute atomic E-state index is 13.7. The molecule has 0 unspecified atom stereocenters. The molecule has 4 atom stereocenters. The van der Waals surface area contributed by atoms with E-state index < -0.39 is 35.5 Å². The summed E-state index contributed by atoms with van der Waals surface area (Å²) in [5.74, 6) is 0.433. The number of benzene rings is 4. The number of β-lactam (4-membered cyclic amide) rings is 2. The normalized spacial score (nSPS) is 19.0. The minimum Gasteiger partial charge on any atom is -0.478 e. The van der Waals surface area contributed by atoms with Crippen LogP contribution in [0.1, 0.15) is 41.6 Å². The van der Waals surface area contributed by atoms with E-state index in [0.717, 1.165) is 0 Å². The molecule has 296 valence electrons. The Hall–Kier alpha value is -4.16. The zero-order valence-corrected chi connectivity index (χ0v) is 34.8. The third-order valence-corrected chi connectivity index (χ3v) is 11.6. The van der Waals surface area contributed by atoms with Gasteiger partial charge < -0.3 is 23.8 Å². The highest BCUT2D eigenvalue weighted by Crippen LogP contribution is 2.43. The van der Waals surface area contributed by atoms with E-state index in [1.54, 1.807) is 102 Å². The van der Waals surface area contributed by atoms with Crippen LogP contribution >= 0.6 is 69.6 Å². The largest absolute Gasteiger partial charge is 0.478 e. The second kappa shape index (κ2) is 17.4. The summed E-state index contributed by atoms with van der Waals surface area (Å²) in [5, 5.41) is 2.73. The summed E-state index contributed by atoms with van der Waals surface area (Å²) in [6.07, 6.45) is 0.497. The summed E-state index contributed by atoms with van der Waals surface area (Å²) in [4.78, 5) is 57.2. The van der Waals surface area contributed by atoms with Crippen molar-refractivity contribution in [3.05, 3.63) is 159 Å². The molecule has 2 aliphatic rings. The van der Waals surface area contributed by atoms with Crippen LogP contribution in [0.25, 0.3) is 0 Å². The molecule has 57 heavy (non-hydrogen) atoms. The van der Waals surface area contributed by atoms with Crippen LogP contribution in [0, 0.1) is 6.92 Å². The fourth-order valence-corrected chi connectivity index (χ4v) is 8.49. The van der Waals surface area contributed by atoms with Gasteiger partial charge >= 0.3 is 5.69 Å². The highest BCUT2D eigenvalue weighted by Gasteiger charge is 2.51. The first kappa shape index (κ1) is 41.0. The summed E-state index contributed by atoms with van der Waals surface area (Å²) in [5.41, 5.74) is 0.770. The van der Waals surface area contributed by atoms with Crippen LogP contribution in [0.4, 0.5) is 0 Å². The van der Waals surface area contributed by atoms with E-state index in [9.17, 15) is 19.2 Å². The lowest BCUT2D eigenvalue weighted by molar-refractivity contribution is -0.164. The van der Waals surface area contributed by atoms with Crippen LogP contribution in [-0.2, 0) is 22.7 Å². The Balaban J connectivity index is 1.03. The summed E-state index contributed by atoms with van der Waals surface area (Å²) in [6.45, 7) is 2.41. The van der Waals surface area contributed by atoms with Crippen molar-refractivity contribution in [3.63, 3.8) is 0 Å². The van der Waals surface area contributed by atoms with Crippen molar-refractivity contribution in [1.29, 1.82) is 0 Å². The number of halogens is 6. The highest BCUT2D eigenvalue weighted by molar-refractivity contribution is 6.35. The number of aromatic nitrogens is 2. The molecule has 0 saturated carbocycles. The number of amides is 2. The van der Waals surface area contributed by atoms with Crippen molar-refractivity contribution >= 4 is 81.4 Å². The molecule has 2 amide bonds. The van der Waals surface area contributed by atoms with E-state index in [1.807, 2.05) is 0 Å². The quantitative estimate of drug-likeness (QED) is 0.103. The molecule has 5 aromatic rings. The Morgan fingerprint density at radius 3 is 1.40 bits per heavy atom. The Bertz CT molecular complexity index is 2440. The molecule has 7 rings (SSSR count). The number of ether oxygens (including phenoxy) is 2. The third-order valence-electron chi connectivity index (χ3n) is 10.0. The third kappa shape index (κ3) is 8.67. The molecule has 0 spiro atoms. The lowest BCUT2D eigenvalue weighted by Gasteiger charge is -2.47. The second-order valence-corrected chi connectivity index (χ2v) is 16.3. The molecule has 1 aromatic heterocycles. The van der Waals surface area contributed by atoms with Gasteiger partial charge in [-0.05, 0) is 104 Å². The molecule has 0 bridgehead atoms. The Labute approximate surface area is 357 Å². The Morgan fingerprint density at radius 2 is 0.965 bits per heavy atom. The molecule has 3 heterocycles. The minimum absolute atomic E-state index is 0.0539. The fourth-order valence-electron chi connectivity index (χ4n) is 7.19. The monoisotopic (exact) mass is 888 g/mol. The van der Waals surface area contributed by atoms with Crippen molar-refractivity contribution < 1.29 is 19.1 Å². The molecule has 0 N–H and O–H groups in total. The number of likely N-dealkylation sites (tertiary alicyclic amines) is 2. The van der Waals surface area contributed by atoms with Gasteiger partial charge in [-0.15, -0.1) is 0 Å². The average Bonchev–Trinajstić information content (AvgIpc) is 3.18. The lowest BCUT2D eigenvalue weighted by Crippen LogP contribution is -2.61. The maximum atomic E-state index is 13.7. The van der Waals surface area contributed by atoms with E-state index in [1.165, 1.54) is 15.3 Å². The zero-order chi connectivity index (χ0) is 40.5.